The van der Waals surface area contributed by atoms with Crippen LogP contribution in [0.2, 0.25) is 5.02 Å². The molecule has 0 spiro atoms. The van der Waals surface area contributed by atoms with E-state index in [0.29, 0.717) is 37.0 Å². The van der Waals surface area contributed by atoms with Crippen LogP contribution >= 0.6 is 11.6 Å². The van der Waals surface area contributed by atoms with Gasteiger partial charge in [-0.2, -0.15) is 5.10 Å². The summed E-state index contributed by atoms with van der Waals surface area (Å²) >= 11 is 6.40. The monoisotopic (exact) mass is 421 g/mol. The third-order valence-electron chi connectivity index (χ3n) is 4.95. The lowest BCUT2D eigenvalue weighted by Gasteiger charge is -2.35. The summed E-state index contributed by atoms with van der Waals surface area (Å²) in [5.74, 6) is -0.751. The van der Waals surface area contributed by atoms with E-state index in [1.807, 2.05) is 18.2 Å². The van der Waals surface area contributed by atoms with E-state index in [1.54, 1.807) is 19.9 Å². The number of nitro groups is 1. The molecule has 1 saturated heterocycles. The standard InChI is InChI=1S/C19H24ClN5O4/c1-12(2)16-18(25(27)28)17(23-22-16)19(26)21-11-15(24-7-9-29-10-8-24)13-5-3-4-6-14(13)20/h3-6,12,15H,7-11H2,1-2H3,(H,21,26)(H,22,23). The van der Waals surface area contributed by atoms with Gasteiger partial charge in [0.15, 0.2) is 0 Å². The summed E-state index contributed by atoms with van der Waals surface area (Å²) in [6.45, 7) is 6.43. The van der Waals surface area contributed by atoms with Gasteiger partial charge in [0.1, 0.15) is 5.69 Å². The fourth-order valence-electron chi connectivity index (χ4n) is 3.44. The second-order valence-corrected chi connectivity index (χ2v) is 7.55. The van der Waals surface area contributed by atoms with E-state index in [9.17, 15) is 14.9 Å². The number of hydrogen-bond acceptors (Lipinski definition) is 6. The molecule has 0 bridgehead atoms. The number of ether oxygens (including phenoxy) is 1. The molecule has 1 amide bonds. The Balaban J connectivity index is 1.82. The highest BCUT2D eigenvalue weighted by Crippen LogP contribution is 2.29. The molecular formula is C19H24ClN5O4. The first-order valence-electron chi connectivity index (χ1n) is 9.47. The minimum Gasteiger partial charge on any atom is -0.379 e. The number of carbonyl (C=O) groups excluding carboxylic acids is 1. The van der Waals surface area contributed by atoms with Gasteiger partial charge in [0.05, 0.1) is 24.2 Å². The number of aromatic nitrogens is 2. The Morgan fingerprint density at radius 1 is 1.38 bits per heavy atom. The average Bonchev–Trinajstić information content (AvgIpc) is 3.16. The fraction of sp³-hybridized carbons (Fsp3) is 0.474. The molecule has 10 heteroatoms. The molecule has 0 aliphatic carbocycles. The van der Waals surface area contributed by atoms with Crippen molar-refractivity contribution in [1.82, 2.24) is 20.4 Å². The maximum absolute atomic E-state index is 12.7. The van der Waals surface area contributed by atoms with Gasteiger partial charge in [-0.05, 0) is 11.6 Å². The fourth-order valence-corrected chi connectivity index (χ4v) is 3.70. The Morgan fingerprint density at radius 2 is 2.07 bits per heavy atom. The van der Waals surface area contributed by atoms with Crippen molar-refractivity contribution < 1.29 is 14.5 Å². The van der Waals surface area contributed by atoms with Crippen LogP contribution in [0.4, 0.5) is 5.69 Å². The second-order valence-electron chi connectivity index (χ2n) is 7.14. The summed E-state index contributed by atoms with van der Waals surface area (Å²) in [5, 5.41) is 21.4. The molecule has 2 N–H and O–H groups in total. The maximum atomic E-state index is 12.7. The molecule has 1 aromatic heterocycles. The van der Waals surface area contributed by atoms with Gasteiger partial charge in [0, 0.05) is 30.6 Å². The highest BCUT2D eigenvalue weighted by molar-refractivity contribution is 6.31. The van der Waals surface area contributed by atoms with Gasteiger partial charge in [-0.1, -0.05) is 43.6 Å². The van der Waals surface area contributed by atoms with Gasteiger partial charge in [0.25, 0.3) is 5.91 Å². The summed E-state index contributed by atoms with van der Waals surface area (Å²) in [6.07, 6.45) is 0. The first-order valence-corrected chi connectivity index (χ1v) is 9.85. The molecule has 0 radical (unpaired) electrons. The number of amides is 1. The van der Waals surface area contributed by atoms with Crippen LogP contribution in [-0.4, -0.2) is 58.8 Å². The van der Waals surface area contributed by atoms with Crippen molar-refractivity contribution in [3.63, 3.8) is 0 Å². The maximum Gasteiger partial charge on any atom is 0.323 e. The quantitative estimate of drug-likeness (QED) is 0.525. The number of nitrogens with zero attached hydrogens (tertiary/aromatic N) is 3. The van der Waals surface area contributed by atoms with E-state index in [1.165, 1.54) is 0 Å². The zero-order valence-corrected chi connectivity index (χ0v) is 17.1. The van der Waals surface area contributed by atoms with Gasteiger partial charge in [-0.15, -0.1) is 0 Å². The number of carbonyl (C=O) groups is 1. The Bertz CT molecular complexity index is 879. The smallest absolute Gasteiger partial charge is 0.323 e. The molecule has 1 unspecified atom stereocenters. The molecule has 9 nitrogen and oxygen atoms in total. The summed E-state index contributed by atoms with van der Waals surface area (Å²) in [7, 11) is 0. The number of nitrogens with one attached hydrogen (secondary N) is 2. The van der Waals surface area contributed by atoms with Gasteiger partial charge in [-0.3, -0.25) is 24.9 Å². The molecule has 29 heavy (non-hydrogen) atoms. The van der Waals surface area contributed by atoms with Crippen LogP contribution < -0.4 is 5.32 Å². The SMILES string of the molecule is CC(C)c1[nH]nc(C(=O)NCC(c2ccccc2Cl)N2CCOCC2)c1[N+](=O)[O-]. The highest BCUT2D eigenvalue weighted by Gasteiger charge is 2.31. The molecule has 1 aliphatic heterocycles. The summed E-state index contributed by atoms with van der Waals surface area (Å²) in [4.78, 5) is 25.8. The minimum absolute atomic E-state index is 0.159. The summed E-state index contributed by atoms with van der Waals surface area (Å²) in [6, 6.07) is 7.28. The predicted octanol–water partition coefficient (Wildman–Crippen LogP) is 2.90. The van der Waals surface area contributed by atoms with Gasteiger partial charge in [-0.25, -0.2) is 0 Å². The molecule has 3 rings (SSSR count). The van der Waals surface area contributed by atoms with Gasteiger partial charge >= 0.3 is 5.69 Å². The number of benzene rings is 1. The molecule has 0 saturated carbocycles. The van der Waals surface area contributed by atoms with Crippen molar-refractivity contribution in [2.45, 2.75) is 25.8 Å². The molecule has 1 aromatic carbocycles. The largest absolute Gasteiger partial charge is 0.379 e. The van der Waals surface area contributed by atoms with Crippen LogP contribution in [0, 0.1) is 10.1 Å². The summed E-state index contributed by atoms with van der Waals surface area (Å²) < 4.78 is 5.43. The molecule has 2 aromatic rings. The van der Waals surface area contributed by atoms with E-state index in [4.69, 9.17) is 16.3 Å². The van der Waals surface area contributed by atoms with Crippen LogP contribution in [0.5, 0.6) is 0 Å². The van der Waals surface area contributed by atoms with E-state index >= 15 is 0 Å². The highest BCUT2D eigenvalue weighted by atomic mass is 35.5. The zero-order valence-electron chi connectivity index (χ0n) is 16.4. The lowest BCUT2D eigenvalue weighted by Crippen LogP contribution is -2.44. The third-order valence-corrected chi connectivity index (χ3v) is 5.29. The van der Waals surface area contributed by atoms with Crippen molar-refractivity contribution in [1.29, 1.82) is 0 Å². The molecular weight excluding hydrogens is 398 g/mol. The average molecular weight is 422 g/mol. The molecule has 1 atom stereocenters. The number of H-pyrrole nitrogens is 1. The van der Waals surface area contributed by atoms with Gasteiger partial charge < -0.3 is 10.1 Å². The normalized spacial score (nSPS) is 16.0. The van der Waals surface area contributed by atoms with E-state index in [0.717, 1.165) is 5.56 Å². The second kappa shape index (κ2) is 9.34. The molecule has 2 heterocycles. The number of hydrogen-bond donors (Lipinski definition) is 2. The van der Waals surface area contributed by atoms with E-state index in [-0.39, 0.29) is 29.9 Å². The molecule has 156 valence electrons. The zero-order chi connectivity index (χ0) is 21.0. The minimum atomic E-state index is -0.592. The van der Waals surface area contributed by atoms with Crippen molar-refractivity contribution >= 4 is 23.2 Å². The number of rotatable bonds is 7. The van der Waals surface area contributed by atoms with E-state index in [2.05, 4.69) is 20.4 Å². The van der Waals surface area contributed by atoms with E-state index < -0.39 is 10.8 Å². The number of morpholine rings is 1. The predicted molar refractivity (Wildman–Crippen MR) is 108 cm³/mol. The Hall–Kier alpha value is -2.49. The Labute approximate surface area is 173 Å². The lowest BCUT2D eigenvalue weighted by atomic mass is 10.0. The first-order chi connectivity index (χ1) is 13.9. The molecule has 1 fully saturated rings. The van der Waals surface area contributed by atoms with Crippen molar-refractivity contribution in [2.75, 3.05) is 32.8 Å². The van der Waals surface area contributed by atoms with Crippen LogP contribution in [0.1, 0.15) is 47.6 Å². The Kier molecular flexibility index (Phi) is 6.83. The van der Waals surface area contributed by atoms with Crippen LogP contribution in [0.15, 0.2) is 24.3 Å². The van der Waals surface area contributed by atoms with Crippen molar-refractivity contribution in [3.05, 3.63) is 56.4 Å². The third kappa shape index (κ3) is 4.75. The van der Waals surface area contributed by atoms with Crippen molar-refractivity contribution in [2.24, 2.45) is 0 Å². The lowest BCUT2D eigenvalue weighted by molar-refractivity contribution is -0.385. The van der Waals surface area contributed by atoms with Crippen LogP contribution in [0.3, 0.4) is 0 Å². The van der Waals surface area contributed by atoms with Crippen molar-refractivity contribution in [3.8, 4) is 0 Å². The van der Waals surface area contributed by atoms with Crippen LogP contribution in [-0.2, 0) is 4.74 Å². The summed E-state index contributed by atoms with van der Waals surface area (Å²) in [5.41, 5.74) is 0.725. The number of aromatic amines is 1. The Morgan fingerprint density at radius 3 is 2.69 bits per heavy atom. The number of halogens is 1. The van der Waals surface area contributed by atoms with Crippen LogP contribution in [0.25, 0.3) is 0 Å². The first kappa shape index (κ1) is 21.2. The topological polar surface area (TPSA) is 113 Å². The molecule has 1 aliphatic rings. The van der Waals surface area contributed by atoms with Gasteiger partial charge in [0.2, 0.25) is 5.69 Å².